The predicted molar refractivity (Wildman–Crippen MR) is 114 cm³/mol. The van der Waals surface area contributed by atoms with Crippen molar-refractivity contribution in [3.05, 3.63) is 64.9 Å². The third-order valence-corrected chi connectivity index (χ3v) is 5.14. The minimum absolute atomic E-state index is 0.485. The Balaban J connectivity index is 1.69. The van der Waals surface area contributed by atoms with Crippen molar-refractivity contribution in [1.29, 1.82) is 0 Å². The van der Waals surface area contributed by atoms with Crippen LogP contribution >= 0.6 is 11.3 Å². The van der Waals surface area contributed by atoms with E-state index in [4.69, 9.17) is 14.5 Å². The number of nitrogens with zero attached hydrogens (tertiary/aromatic N) is 2. The average molecular weight is 392 g/mol. The van der Waals surface area contributed by atoms with Gasteiger partial charge in [0.15, 0.2) is 0 Å². The number of fused-ring (bicyclic) bond motifs is 1. The highest BCUT2D eigenvalue weighted by molar-refractivity contribution is 7.09. The Morgan fingerprint density at radius 2 is 1.86 bits per heavy atom. The largest absolute Gasteiger partial charge is 0.497 e. The molecule has 0 aliphatic rings. The van der Waals surface area contributed by atoms with Crippen molar-refractivity contribution in [3.8, 4) is 11.5 Å². The Morgan fingerprint density at radius 3 is 2.64 bits per heavy atom. The zero-order chi connectivity index (χ0) is 19.3. The monoisotopic (exact) mass is 392 g/mol. The molecule has 0 aliphatic carbocycles. The van der Waals surface area contributed by atoms with Gasteiger partial charge in [0.2, 0.25) is 5.95 Å². The number of nitrogens with one attached hydrogen (secondary N) is 2. The van der Waals surface area contributed by atoms with Crippen molar-refractivity contribution < 1.29 is 9.47 Å². The first-order valence-electron chi connectivity index (χ1n) is 8.79. The molecule has 0 amide bonds. The number of methoxy groups -OCH3 is 2. The number of benzene rings is 2. The molecule has 142 valence electrons. The molecule has 0 saturated heterocycles. The standard InChI is InChI=1S/C21H20N4O2S/c1-26-14-9-10-19(27-2)18(12-14)24-21-23-17-8-4-3-7-16(17)20(25-21)22-13-15-6-5-11-28-15/h3-12H,13H2,1-2H3,(H2,22,23,24,25). The Bertz CT molecular complexity index is 1080. The summed E-state index contributed by atoms with van der Waals surface area (Å²) in [5, 5.41) is 9.73. The summed E-state index contributed by atoms with van der Waals surface area (Å²) in [7, 11) is 3.26. The van der Waals surface area contributed by atoms with Gasteiger partial charge in [0, 0.05) is 16.3 Å². The van der Waals surface area contributed by atoms with E-state index < -0.39 is 0 Å². The molecule has 0 aliphatic heterocycles. The fraction of sp³-hybridized carbons (Fsp3) is 0.143. The minimum Gasteiger partial charge on any atom is -0.497 e. The predicted octanol–water partition coefficient (Wildman–Crippen LogP) is 5.06. The van der Waals surface area contributed by atoms with Crippen LogP contribution in [0, 0.1) is 0 Å². The number of rotatable bonds is 7. The second-order valence-corrected chi connectivity index (χ2v) is 7.07. The van der Waals surface area contributed by atoms with Crippen LogP contribution in [0.25, 0.3) is 10.9 Å². The SMILES string of the molecule is COc1ccc(OC)c(Nc2nc(NCc3cccs3)c3ccccc3n2)c1. The van der Waals surface area contributed by atoms with Crippen LogP contribution < -0.4 is 20.1 Å². The van der Waals surface area contributed by atoms with Crippen LogP contribution in [0.5, 0.6) is 11.5 Å². The first-order valence-corrected chi connectivity index (χ1v) is 9.67. The summed E-state index contributed by atoms with van der Waals surface area (Å²) < 4.78 is 10.8. The highest BCUT2D eigenvalue weighted by atomic mass is 32.1. The van der Waals surface area contributed by atoms with Crippen LogP contribution in [0.15, 0.2) is 60.0 Å². The molecule has 7 heteroatoms. The van der Waals surface area contributed by atoms with E-state index in [0.29, 0.717) is 18.2 Å². The van der Waals surface area contributed by atoms with Gasteiger partial charge in [-0.25, -0.2) is 4.98 Å². The summed E-state index contributed by atoms with van der Waals surface area (Å²) in [4.78, 5) is 10.6. The number of hydrogen-bond acceptors (Lipinski definition) is 7. The van der Waals surface area contributed by atoms with E-state index in [2.05, 4.69) is 27.1 Å². The summed E-state index contributed by atoms with van der Waals surface area (Å²) in [6.45, 7) is 0.709. The molecule has 28 heavy (non-hydrogen) atoms. The summed E-state index contributed by atoms with van der Waals surface area (Å²) in [6.07, 6.45) is 0. The van der Waals surface area contributed by atoms with Crippen molar-refractivity contribution in [2.24, 2.45) is 0 Å². The molecule has 0 unspecified atom stereocenters. The quantitative estimate of drug-likeness (QED) is 0.458. The smallest absolute Gasteiger partial charge is 0.229 e. The van der Waals surface area contributed by atoms with Gasteiger partial charge in [-0.2, -0.15) is 4.98 Å². The molecule has 0 fully saturated rings. The topological polar surface area (TPSA) is 68.3 Å². The van der Waals surface area contributed by atoms with Gasteiger partial charge in [-0.3, -0.25) is 0 Å². The summed E-state index contributed by atoms with van der Waals surface area (Å²) in [5.74, 6) is 2.67. The number of anilines is 3. The molecule has 0 saturated carbocycles. The van der Waals surface area contributed by atoms with Crippen LogP contribution in [0.3, 0.4) is 0 Å². The van der Waals surface area contributed by atoms with Gasteiger partial charge in [-0.1, -0.05) is 18.2 Å². The maximum Gasteiger partial charge on any atom is 0.229 e. The third-order valence-electron chi connectivity index (χ3n) is 4.27. The van der Waals surface area contributed by atoms with Crippen molar-refractivity contribution in [3.63, 3.8) is 0 Å². The highest BCUT2D eigenvalue weighted by Crippen LogP contribution is 2.32. The highest BCUT2D eigenvalue weighted by Gasteiger charge is 2.11. The average Bonchev–Trinajstić information content (AvgIpc) is 3.25. The molecular formula is C21H20N4O2S. The molecule has 0 bridgehead atoms. The summed E-state index contributed by atoms with van der Waals surface area (Å²) in [5.41, 5.74) is 1.59. The number of aromatic nitrogens is 2. The van der Waals surface area contributed by atoms with Crippen molar-refractivity contribution in [1.82, 2.24) is 9.97 Å². The van der Waals surface area contributed by atoms with Gasteiger partial charge < -0.3 is 20.1 Å². The van der Waals surface area contributed by atoms with Crippen LogP contribution in [0.4, 0.5) is 17.5 Å². The summed E-state index contributed by atoms with van der Waals surface area (Å²) in [6, 6.07) is 17.6. The van der Waals surface area contributed by atoms with Crippen molar-refractivity contribution >= 4 is 39.7 Å². The van der Waals surface area contributed by atoms with E-state index in [1.807, 2.05) is 48.5 Å². The summed E-state index contributed by atoms with van der Waals surface area (Å²) >= 11 is 1.71. The van der Waals surface area contributed by atoms with Gasteiger partial charge in [0.25, 0.3) is 0 Å². The lowest BCUT2D eigenvalue weighted by molar-refractivity contribution is 0.405. The van der Waals surface area contributed by atoms with Crippen LogP contribution in [0.1, 0.15) is 4.88 Å². The fourth-order valence-electron chi connectivity index (χ4n) is 2.88. The lowest BCUT2D eigenvalue weighted by Gasteiger charge is -2.14. The Hall–Kier alpha value is -3.32. The first-order chi connectivity index (χ1) is 13.8. The van der Waals surface area contributed by atoms with Crippen LogP contribution in [0.2, 0.25) is 0 Å². The van der Waals surface area contributed by atoms with Crippen LogP contribution in [-0.4, -0.2) is 24.2 Å². The normalized spacial score (nSPS) is 10.6. The van der Waals surface area contributed by atoms with Crippen molar-refractivity contribution in [2.75, 3.05) is 24.9 Å². The number of ether oxygens (including phenoxy) is 2. The molecular weight excluding hydrogens is 372 g/mol. The number of para-hydroxylation sites is 1. The van der Waals surface area contributed by atoms with Gasteiger partial charge in [-0.05, 0) is 35.7 Å². The lowest BCUT2D eigenvalue weighted by Crippen LogP contribution is -2.05. The lowest BCUT2D eigenvalue weighted by atomic mass is 10.2. The molecule has 2 heterocycles. The minimum atomic E-state index is 0.485. The fourth-order valence-corrected chi connectivity index (χ4v) is 3.53. The molecule has 4 aromatic rings. The molecule has 2 aromatic heterocycles. The van der Waals surface area contributed by atoms with E-state index in [9.17, 15) is 0 Å². The molecule has 0 atom stereocenters. The maximum atomic E-state index is 5.44. The van der Waals surface area contributed by atoms with Gasteiger partial charge >= 0.3 is 0 Å². The van der Waals surface area contributed by atoms with E-state index >= 15 is 0 Å². The zero-order valence-electron chi connectivity index (χ0n) is 15.6. The Labute approximate surface area is 167 Å². The third kappa shape index (κ3) is 3.84. The van der Waals surface area contributed by atoms with E-state index in [1.165, 1.54) is 4.88 Å². The second kappa shape index (κ2) is 8.14. The number of hydrogen-bond donors (Lipinski definition) is 2. The van der Waals surface area contributed by atoms with E-state index in [0.717, 1.165) is 28.2 Å². The maximum absolute atomic E-state index is 5.44. The van der Waals surface area contributed by atoms with Gasteiger partial charge in [-0.15, -0.1) is 11.3 Å². The Kier molecular flexibility index (Phi) is 5.25. The molecule has 0 radical (unpaired) electrons. The molecule has 4 rings (SSSR count). The van der Waals surface area contributed by atoms with Crippen molar-refractivity contribution in [2.45, 2.75) is 6.54 Å². The zero-order valence-corrected chi connectivity index (χ0v) is 16.4. The second-order valence-electron chi connectivity index (χ2n) is 6.04. The molecule has 0 spiro atoms. The first kappa shape index (κ1) is 18.1. The van der Waals surface area contributed by atoms with E-state index in [-0.39, 0.29) is 0 Å². The molecule has 2 N–H and O–H groups in total. The Morgan fingerprint density at radius 1 is 0.964 bits per heavy atom. The van der Waals surface area contributed by atoms with E-state index in [1.54, 1.807) is 25.6 Å². The van der Waals surface area contributed by atoms with Gasteiger partial charge in [0.1, 0.15) is 17.3 Å². The van der Waals surface area contributed by atoms with Crippen LogP contribution in [-0.2, 0) is 6.54 Å². The molecule has 6 nitrogen and oxygen atoms in total. The van der Waals surface area contributed by atoms with Gasteiger partial charge in [0.05, 0.1) is 32.0 Å². The number of thiophene rings is 1. The molecule has 2 aromatic carbocycles.